The third-order valence-electron chi connectivity index (χ3n) is 8.35. The van der Waals surface area contributed by atoms with Crippen molar-refractivity contribution in [2.75, 3.05) is 0 Å². The first-order valence-corrected chi connectivity index (χ1v) is 15.3. The molecule has 0 radical (unpaired) electrons. The first kappa shape index (κ1) is 27.5. The van der Waals surface area contributed by atoms with E-state index >= 15 is 0 Å². The number of aryl methyl sites for hydroxylation is 2. The van der Waals surface area contributed by atoms with Crippen LogP contribution < -0.4 is 0 Å². The maximum Gasteiger partial charge on any atom is 0.0978 e. The molecule has 218 valence electrons. The summed E-state index contributed by atoms with van der Waals surface area (Å²) in [4.78, 5) is 24.1. The number of hydrogen-bond acceptors (Lipinski definition) is 5. The smallest absolute Gasteiger partial charge is 0.0978 e. The van der Waals surface area contributed by atoms with Crippen molar-refractivity contribution in [1.29, 1.82) is 0 Å². The molecule has 0 N–H and O–H groups in total. The zero-order valence-corrected chi connectivity index (χ0v) is 25.5. The van der Waals surface area contributed by atoms with E-state index in [0.717, 1.165) is 88.8 Å². The van der Waals surface area contributed by atoms with Gasteiger partial charge in [0, 0.05) is 75.8 Å². The van der Waals surface area contributed by atoms with Gasteiger partial charge in [0.2, 0.25) is 0 Å². The normalized spacial score (nSPS) is 11.3. The Hall–Kier alpha value is -6.07. The van der Waals surface area contributed by atoms with Crippen LogP contribution in [0.15, 0.2) is 140 Å². The Bertz CT molecular complexity index is 2380. The van der Waals surface area contributed by atoms with E-state index in [-0.39, 0.29) is 0 Å². The van der Waals surface area contributed by atoms with Crippen molar-refractivity contribution in [3.8, 4) is 55.9 Å². The second-order valence-electron chi connectivity index (χ2n) is 11.7. The van der Waals surface area contributed by atoms with Crippen LogP contribution in [-0.4, -0.2) is 24.9 Å². The molecular formula is C41H29N5. The Morgan fingerprint density at radius 2 is 0.935 bits per heavy atom. The molecule has 0 spiro atoms. The van der Waals surface area contributed by atoms with Crippen molar-refractivity contribution < 1.29 is 0 Å². The molecule has 0 aliphatic heterocycles. The van der Waals surface area contributed by atoms with Gasteiger partial charge in [-0.1, -0.05) is 66.7 Å². The quantitative estimate of drug-likeness (QED) is 0.186. The molecule has 3 aromatic carbocycles. The van der Waals surface area contributed by atoms with Gasteiger partial charge in [-0.15, -0.1) is 0 Å². The molecule has 46 heavy (non-hydrogen) atoms. The highest BCUT2D eigenvalue weighted by molar-refractivity contribution is 6.13. The average molecular weight is 592 g/mol. The molecular weight excluding hydrogens is 562 g/mol. The first-order chi connectivity index (χ1) is 22.6. The van der Waals surface area contributed by atoms with Crippen LogP contribution in [0, 0.1) is 13.8 Å². The van der Waals surface area contributed by atoms with Crippen LogP contribution in [0.3, 0.4) is 0 Å². The van der Waals surface area contributed by atoms with E-state index < -0.39 is 0 Å². The fourth-order valence-corrected chi connectivity index (χ4v) is 6.15. The highest BCUT2D eigenvalue weighted by Crippen LogP contribution is 2.39. The fourth-order valence-electron chi connectivity index (χ4n) is 6.15. The molecule has 0 fully saturated rings. The summed E-state index contributed by atoms with van der Waals surface area (Å²) in [6.45, 7) is 4.15. The van der Waals surface area contributed by atoms with E-state index in [0.29, 0.717) is 0 Å². The molecule has 5 nitrogen and oxygen atoms in total. The molecule has 8 aromatic rings. The molecule has 0 aliphatic carbocycles. The Labute approximate surface area is 267 Å². The van der Waals surface area contributed by atoms with E-state index in [9.17, 15) is 0 Å². The van der Waals surface area contributed by atoms with Crippen LogP contribution >= 0.6 is 0 Å². The summed E-state index contributed by atoms with van der Waals surface area (Å²) in [5.74, 6) is 0. The minimum absolute atomic E-state index is 0.845. The zero-order chi connectivity index (χ0) is 31.0. The molecule has 0 aliphatic rings. The summed E-state index contributed by atoms with van der Waals surface area (Å²) in [6, 6.07) is 35.9. The van der Waals surface area contributed by atoms with E-state index in [1.54, 1.807) is 6.20 Å². The van der Waals surface area contributed by atoms with Crippen LogP contribution in [-0.2, 0) is 0 Å². The van der Waals surface area contributed by atoms with Crippen molar-refractivity contribution in [3.63, 3.8) is 0 Å². The third kappa shape index (κ3) is 5.08. The lowest BCUT2D eigenvalue weighted by Gasteiger charge is -2.16. The van der Waals surface area contributed by atoms with Gasteiger partial charge in [0.15, 0.2) is 0 Å². The van der Waals surface area contributed by atoms with Crippen LogP contribution in [0.1, 0.15) is 11.1 Å². The summed E-state index contributed by atoms with van der Waals surface area (Å²) in [5, 5.41) is 2.06. The van der Waals surface area contributed by atoms with Gasteiger partial charge in [0.1, 0.15) is 0 Å². The number of rotatable bonds is 5. The lowest BCUT2D eigenvalue weighted by atomic mass is 9.94. The highest BCUT2D eigenvalue weighted by atomic mass is 14.8. The number of nitrogens with zero attached hydrogens (tertiary/aromatic N) is 5. The van der Waals surface area contributed by atoms with Crippen molar-refractivity contribution in [2.45, 2.75) is 13.8 Å². The largest absolute Gasteiger partial charge is 0.264 e. The second-order valence-corrected chi connectivity index (χ2v) is 11.7. The molecule has 0 bridgehead atoms. The number of fused-ring (bicyclic) bond motifs is 3. The predicted octanol–water partition coefficient (Wildman–Crippen LogP) is 9.92. The lowest BCUT2D eigenvalue weighted by molar-refractivity contribution is 1.27. The lowest BCUT2D eigenvalue weighted by Crippen LogP contribution is -1.96. The summed E-state index contributed by atoms with van der Waals surface area (Å²) in [5.41, 5.74) is 14.1. The van der Waals surface area contributed by atoms with E-state index in [2.05, 4.69) is 108 Å². The predicted molar refractivity (Wildman–Crippen MR) is 187 cm³/mol. The Kier molecular flexibility index (Phi) is 6.84. The van der Waals surface area contributed by atoms with Crippen LogP contribution in [0.25, 0.3) is 77.7 Å². The molecule has 5 aromatic heterocycles. The van der Waals surface area contributed by atoms with Crippen molar-refractivity contribution >= 4 is 21.8 Å². The monoisotopic (exact) mass is 591 g/mol. The SMILES string of the molecule is Cc1cncc(-c2cc(-c3ccccc3)nc3c2ccc2c(-c4cncc(C)c4)cc(-c4cccc(-c5cccnc5)c4)nc23)c1. The molecule has 8 rings (SSSR count). The Morgan fingerprint density at radius 1 is 0.391 bits per heavy atom. The molecule has 0 unspecified atom stereocenters. The minimum Gasteiger partial charge on any atom is -0.264 e. The molecule has 5 heteroatoms. The van der Waals surface area contributed by atoms with E-state index in [1.807, 2.05) is 55.2 Å². The maximum atomic E-state index is 5.39. The van der Waals surface area contributed by atoms with Crippen molar-refractivity contribution in [2.24, 2.45) is 0 Å². The second kappa shape index (κ2) is 11.5. The topological polar surface area (TPSA) is 64.5 Å². The minimum atomic E-state index is 0.845. The van der Waals surface area contributed by atoms with Gasteiger partial charge in [-0.3, -0.25) is 15.0 Å². The molecule has 0 saturated carbocycles. The van der Waals surface area contributed by atoms with Gasteiger partial charge < -0.3 is 0 Å². The van der Waals surface area contributed by atoms with Crippen LogP contribution in [0.2, 0.25) is 0 Å². The van der Waals surface area contributed by atoms with Crippen LogP contribution in [0.5, 0.6) is 0 Å². The van der Waals surface area contributed by atoms with Gasteiger partial charge in [-0.2, -0.15) is 0 Å². The Morgan fingerprint density at radius 3 is 1.52 bits per heavy atom. The summed E-state index contributed by atoms with van der Waals surface area (Å²) in [6.07, 6.45) is 11.3. The molecule has 0 amide bonds. The van der Waals surface area contributed by atoms with E-state index in [4.69, 9.17) is 9.97 Å². The zero-order valence-electron chi connectivity index (χ0n) is 25.5. The molecule has 5 heterocycles. The summed E-state index contributed by atoms with van der Waals surface area (Å²) < 4.78 is 0. The van der Waals surface area contributed by atoms with Crippen molar-refractivity contribution in [1.82, 2.24) is 24.9 Å². The van der Waals surface area contributed by atoms with Gasteiger partial charge in [-0.05, 0) is 78.1 Å². The van der Waals surface area contributed by atoms with Gasteiger partial charge in [0.05, 0.1) is 22.4 Å². The van der Waals surface area contributed by atoms with Crippen molar-refractivity contribution in [3.05, 3.63) is 151 Å². The van der Waals surface area contributed by atoms with Gasteiger partial charge >= 0.3 is 0 Å². The standard InChI is InChI=1S/C41H29N5/c1-26-16-32(24-43-21-26)36-19-38(28-8-4-3-5-9-28)45-40-34(36)13-14-35-37(33-17-27(2)22-44-25-33)20-39(46-41(35)40)30-11-6-10-29(18-30)31-12-7-15-42-23-31/h3-25H,1-2H3. The molecule has 0 atom stereocenters. The van der Waals surface area contributed by atoms with E-state index in [1.165, 1.54) is 0 Å². The number of aromatic nitrogens is 5. The third-order valence-corrected chi connectivity index (χ3v) is 8.35. The Balaban J connectivity index is 1.46. The number of pyridine rings is 5. The maximum absolute atomic E-state index is 5.39. The summed E-state index contributed by atoms with van der Waals surface area (Å²) >= 11 is 0. The fraction of sp³-hybridized carbons (Fsp3) is 0.0488. The summed E-state index contributed by atoms with van der Waals surface area (Å²) in [7, 11) is 0. The highest BCUT2D eigenvalue weighted by Gasteiger charge is 2.18. The number of hydrogen-bond donors (Lipinski definition) is 0. The molecule has 0 saturated heterocycles. The van der Waals surface area contributed by atoms with Gasteiger partial charge in [-0.25, -0.2) is 9.97 Å². The first-order valence-electron chi connectivity index (χ1n) is 15.3. The average Bonchev–Trinajstić information content (AvgIpc) is 3.11. The van der Waals surface area contributed by atoms with Crippen LogP contribution in [0.4, 0.5) is 0 Å². The number of benzene rings is 3. The van der Waals surface area contributed by atoms with Gasteiger partial charge in [0.25, 0.3) is 0 Å².